The Hall–Kier alpha value is -1.12. The fourth-order valence-corrected chi connectivity index (χ4v) is 3.95. The third-order valence-electron chi connectivity index (χ3n) is 4.82. The average Bonchev–Trinajstić information content (AvgIpc) is 3.10. The number of guanidine groups is 1. The van der Waals surface area contributed by atoms with Gasteiger partial charge in [0, 0.05) is 19.1 Å². The van der Waals surface area contributed by atoms with Gasteiger partial charge in [-0.2, -0.15) is 0 Å². The minimum absolute atomic E-state index is 0. The summed E-state index contributed by atoms with van der Waals surface area (Å²) in [6.45, 7) is 4.95. The van der Waals surface area contributed by atoms with Crippen molar-refractivity contribution in [1.29, 1.82) is 0 Å². The van der Waals surface area contributed by atoms with Crippen molar-refractivity contribution in [2.24, 2.45) is 34.4 Å². The molecule has 2 aliphatic carbocycles. The van der Waals surface area contributed by atoms with Crippen LogP contribution in [0.25, 0.3) is 0 Å². The third kappa shape index (κ3) is 3.39. The predicted molar refractivity (Wildman–Crippen MR) is 99.2 cm³/mol. The standard InChI is InChI=1S/C16H24N4O2.HI/c1-9(2)19-16(17)18-6-3-7-20-14(21)12-10-4-5-11(8-10)13(12)15(20)22;/h4-5,9-13H,3,6-8H2,1-2H3,(H3,17,18,19);1H. The zero-order chi connectivity index (χ0) is 15.9. The molecule has 1 saturated carbocycles. The second-order valence-electron chi connectivity index (χ2n) is 6.75. The highest BCUT2D eigenvalue weighted by atomic mass is 127. The summed E-state index contributed by atoms with van der Waals surface area (Å²) >= 11 is 0. The van der Waals surface area contributed by atoms with Crippen LogP contribution in [-0.2, 0) is 9.59 Å². The molecule has 128 valence electrons. The van der Waals surface area contributed by atoms with Crippen molar-refractivity contribution in [3.63, 3.8) is 0 Å². The van der Waals surface area contributed by atoms with E-state index in [1.165, 1.54) is 4.90 Å². The topological polar surface area (TPSA) is 87.8 Å². The number of aliphatic imine (C=N–C) groups is 1. The van der Waals surface area contributed by atoms with E-state index in [0.29, 0.717) is 25.5 Å². The van der Waals surface area contributed by atoms with Crippen LogP contribution in [-0.4, -0.2) is 41.8 Å². The van der Waals surface area contributed by atoms with Crippen LogP contribution in [0, 0.1) is 23.7 Å². The lowest BCUT2D eigenvalue weighted by atomic mass is 9.85. The third-order valence-corrected chi connectivity index (χ3v) is 4.82. The summed E-state index contributed by atoms with van der Waals surface area (Å²) in [5.74, 6) is 0.805. The highest BCUT2D eigenvalue weighted by Gasteiger charge is 2.58. The zero-order valence-electron chi connectivity index (χ0n) is 13.6. The molecule has 0 aromatic carbocycles. The van der Waals surface area contributed by atoms with Crippen molar-refractivity contribution < 1.29 is 9.59 Å². The van der Waals surface area contributed by atoms with Gasteiger partial charge in [0.2, 0.25) is 11.8 Å². The normalized spacial score (nSPS) is 31.8. The average molecular weight is 432 g/mol. The van der Waals surface area contributed by atoms with Crippen molar-refractivity contribution in [2.45, 2.75) is 32.7 Å². The Morgan fingerprint density at radius 3 is 2.39 bits per heavy atom. The number of fused-ring (bicyclic) bond motifs is 5. The molecule has 2 amide bonds. The minimum Gasteiger partial charge on any atom is -0.370 e. The lowest BCUT2D eigenvalue weighted by molar-refractivity contribution is -0.140. The maximum absolute atomic E-state index is 12.5. The molecule has 0 aromatic rings. The van der Waals surface area contributed by atoms with E-state index in [9.17, 15) is 9.59 Å². The molecule has 23 heavy (non-hydrogen) atoms. The second kappa shape index (κ2) is 7.19. The smallest absolute Gasteiger partial charge is 0.233 e. The fourth-order valence-electron chi connectivity index (χ4n) is 3.95. The molecule has 2 bridgehead atoms. The number of amides is 2. The Balaban J connectivity index is 0.00000192. The maximum Gasteiger partial charge on any atom is 0.233 e. The van der Waals surface area contributed by atoms with Crippen LogP contribution < -0.4 is 11.1 Å². The Kier molecular flexibility index (Phi) is 5.70. The summed E-state index contributed by atoms with van der Waals surface area (Å²) in [7, 11) is 0. The summed E-state index contributed by atoms with van der Waals surface area (Å²) in [5, 5.41) is 3.01. The van der Waals surface area contributed by atoms with Crippen LogP contribution in [0.4, 0.5) is 0 Å². The SMILES string of the molecule is CC(C)NC(N)=NCCCN1C(=O)C2C3C=CC(C3)C2C1=O.I. The summed E-state index contributed by atoms with van der Waals surface area (Å²) in [6, 6.07) is 0.243. The molecule has 7 heteroatoms. The van der Waals surface area contributed by atoms with E-state index in [4.69, 9.17) is 5.73 Å². The molecule has 0 aromatic heterocycles. The molecule has 4 atom stereocenters. The van der Waals surface area contributed by atoms with E-state index in [0.717, 1.165) is 6.42 Å². The van der Waals surface area contributed by atoms with E-state index in [2.05, 4.69) is 22.5 Å². The van der Waals surface area contributed by atoms with Crippen molar-refractivity contribution in [1.82, 2.24) is 10.2 Å². The summed E-state index contributed by atoms with van der Waals surface area (Å²) in [4.78, 5) is 30.6. The first kappa shape index (κ1) is 18.2. The molecular weight excluding hydrogens is 407 g/mol. The minimum atomic E-state index is -0.0984. The first-order valence-electron chi connectivity index (χ1n) is 8.09. The molecule has 4 unspecified atom stereocenters. The van der Waals surface area contributed by atoms with Gasteiger partial charge in [-0.15, -0.1) is 24.0 Å². The first-order chi connectivity index (χ1) is 10.5. The van der Waals surface area contributed by atoms with Gasteiger partial charge in [-0.3, -0.25) is 19.5 Å². The summed E-state index contributed by atoms with van der Waals surface area (Å²) in [6.07, 6.45) is 5.86. The van der Waals surface area contributed by atoms with Crippen molar-refractivity contribution in [2.75, 3.05) is 13.1 Å². The number of hydrogen-bond acceptors (Lipinski definition) is 3. The number of carbonyl (C=O) groups is 2. The molecule has 3 aliphatic rings. The van der Waals surface area contributed by atoms with Gasteiger partial charge in [0.15, 0.2) is 5.96 Å². The predicted octanol–water partition coefficient (Wildman–Crippen LogP) is 1.11. The molecule has 3 rings (SSSR count). The van der Waals surface area contributed by atoms with Crippen molar-refractivity contribution >= 4 is 41.8 Å². The van der Waals surface area contributed by atoms with Crippen LogP contribution in [0.3, 0.4) is 0 Å². The fraction of sp³-hybridized carbons (Fsp3) is 0.688. The molecule has 0 radical (unpaired) electrons. The van der Waals surface area contributed by atoms with Gasteiger partial charge in [-0.05, 0) is 38.5 Å². The van der Waals surface area contributed by atoms with Crippen LogP contribution in [0.15, 0.2) is 17.1 Å². The maximum atomic E-state index is 12.5. The van der Waals surface area contributed by atoms with Gasteiger partial charge in [-0.1, -0.05) is 12.2 Å². The molecule has 3 N–H and O–H groups in total. The number of halogens is 1. The van der Waals surface area contributed by atoms with Crippen molar-refractivity contribution in [3.05, 3.63) is 12.2 Å². The largest absolute Gasteiger partial charge is 0.370 e. The van der Waals surface area contributed by atoms with Gasteiger partial charge in [0.25, 0.3) is 0 Å². The van der Waals surface area contributed by atoms with Gasteiger partial charge in [-0.25, -0.2) is 0 Å². The van der Waals surface area contributed by atoms with Gasteiger partial charge in [0.1, 0.15) is 0 Å². The highest BCUT2D eigenvalue weighted by molar-refractivity contribution is 14.0. The van der Waals surface area contributed by atoms with Gasteiger partial charge < -0.3 is 11.1 Å². The number of nitrogens with zero attached hydrogens (tertiary/aromatic N) is 2. The number of likely N-dealkylation sites (tertiary alicyclic amines) is 1. The Morgan fingerprint density at radius 2 is 1.87 bits per heavy atom. The number of rotatable bonds is 5. The molecule has 0 spiro atoms. The van der Waals surface area contributed by atoms with E-state index in [1.807, 2.05) is 13.8 Å². The number of imide groups is 1. The molecule has 2 fully saturated rings. The highest BCUT2D eigenvalue weighted by Crippen LogP contribution is 2.52. The van der Waals surface area contributed by atoms with Crippen LogP contribution in [0.5, 0.6) is 0 Å². The number of allylic oxidation sites excluding steroid dienone is 2. The van der Waals surface area contributed by atoms with E-state index in [1.54, 1.807) is 0 Å². The molecule has 1 heterocycles. The molecule has 1 saturated heterocycles. The van der Waals surface area contributed by atoms with E-state index in [-0.39, 0.29) is 65.5 Å². The van der Waals surface area contributed by atoms with E-state index >= 15 is 0 Å². The lowest BCUT2D eigenvalue weighted by Crippen LogP contribution is -2.37. The molecule has 1 aliphatic heterocycles. The zero-order valence-corrected chi connectivity index (χ0v) is 15.9. The Bertz CT molecular complexity index is 516. The number of nitrogens with one attached hydrogen (secondary N) is 1. The molecular formula is C16H25IN4O2. The number of hydrogen-bond donors (Lipinski definition) is 2. The second-order valence-corrected chi connectivity index (χ2v) is 6.75. The number of nitrogens with two attached hydrogens (primary N) is 1. The van der Waals surface area contributed by atoms with Crippen LogP contribution >= 0.6 is 24.0 Å². The lowest BCUT2D eigenvalue weighted by Gasteiger charge is -2.16. The Morgan fingerprint density at radius 1 is 1.30 bits per heavy atom. The van der Waals surface area contributed by atoms with Gasteiger partial charge >= 0.3 is 0 Å². The van der Waals surface area contributed by atoms with Crippen LogP contribution in [0.1, 0.15) is 26.7 Å². The Labute approximate surface area is 154 Å². The van der Waals surface area contributed by atoms with Crippen LogP contribution in [0.2, 0.25) is 0 Å². The van der Waals surface area contributed by atoms with E-state index < -0.39 is 0 Å². The number of carbonyl (C=O) groups excluding carboxylic acids is 2. The monoisotopic (exact) mass is 432 g/mol. The summed E-state index contributed by atoms with van der Waals surface area (Å²) in [5.41, 5.74) is 5.73. The first-order valence-corrected chi connectivity index (χ1v) is 8.09. The quantitative estimate of drug-likeness (QED) is 0.170. The summed E-state index contributed by atoms with van der Waals surface area (Å²) < 4.78 is 0. The molecule has 6 nitrogen and oxygen atoms in total. The van der Waals surface area contributed by atoms with Crippen molar-refractivity contribution in [3.8, 4) is 0 Å². The van der Waals surface area contributed by atoms with Gasteiger partial charge in [0.05, 0.1) is 11.8 Å².